The molecule has 198 valence electrons. The van der Waals surface area contributed by atoms with E-state index in [1.165, 1.54) is 4.68 Å². The molecule has 2 fully saturated rings. The van der Waals surface area contributed by atoms with E-state index in [2.05, 4.69) is 25.4 Å². The van der Waals surface area contributed by atoms with Gasteiger partial charge in [0.2, 0.25) is 5.91 Å². The molecule has 6 rings (SSSR count). The van der Waals surface area contributed by atoms with E-state index in [4.69, 9.17) is 17.3 Å². The highest BCUT2D eigenvalue weighted by Crippen LogP contribution is 2.42. The first-order valence-corrected chi connectivity index (χ1v) is 13.0. The van der Waals surface area contributed by atoms with Crippen molar-refractivity contribution >= 4 is 46.0 Å². The third kappa shape index (κ3) is 4.64. The second-order valence-corrected chi connectivity index (χ2v) is 10.3. The second kappa shape index (κ2) is 9.83. The number of carbonyl (C=O) groups excluding carboxylic acids is 3. The number of piperidine rings is 1. The maximum Gasteiger partial charge on any atom is 0.269 e. The van der Waals surface area contributed by atoms with Crippen LogP contribution in [0.15, 0.2) is 48.8 Å². The fraction of sp³-hybridized carbons (Fsp3) is 0.296. The maximum absolute atomic E-state index is 13.7. The molecule has 1 aliphatic carbocycles. The first kappa shape index (κ1) is 25.1. The second-order valence-electron chi connectivity index (χ2n) is 9.95. The molecule has 2 bridgehead atoms. The number of likely N-dealkylation sites (tertiary alicyclic amines) is 1. The Morgan fingerprint density at radius 1 is 1.10 bits per heavy atom. The van der Waals surface area contributed by atoms with Crippen LogP contribution in [0.1, 0.15) is 40.4 Å². The molecule has 39 heavy (non-hydrogen) atoms. The maximum atomic E-state index is 13.7. The van der Waals surface area contributed by atoms with Gasteiger partial charge in [0, 0.05) is 29.4 Å². The van der Waals surface area contributed by atoms with Crippen LogP contribution in [-0.4, -0.2) is 66.0 Å². The highest BCUT2D eigenvalue weighted by molar-refractivity contribution is 6.29. The van der Waals surface area contributed by atoms with Gasteiger partial charge in [-0.1, -0.05) is 23.7 Å². The summed E-state index contributed by atoms with van der Waals surface area (Å²) >= 11 is 5.98. The van der Waals surface area contributed by atoms with Crippen LogP contribution >= 0.6 is 11.6 Å². The topological polar surface area (TPSA) is 149 Å². The predicted octanol–water partition coefficient (Wildman–Crippen LogP) is 3.08. The van der Waals surface area contributed by atoms with Gasteiger partial charge >= 0.3 is 0 Å². The lowest BCUT2D eigenvalue weighted by Crippen LogP contribution is -2.50. The van der Waals surface area contributed by atoms with Crippen LogP contribution in [0, 0.1) is 12.8 Å². The number of primary amides is 1. The average Bonchev–Trinajstić information content (AvgIpc) is 3.62. The van der Waals surface area contributed by atoms with E-state index >= 15 is 0 Å². The van der Waals surface area contributed by atoms with Gasteiger partial charge in [0.25, 0.3) is 11.8 Å². The molecule has 1 aromatic carbocycles. The molecule has 2 amide bonds. The molecular weight excluding hydrogens is 520 g/mol. The molecule has 3 N–H and O–H groups in total. The van der Waals surface area contributed by atoms with E-state index in [0.29, 0.717) is 22.5 Å². The van der Waals surface area contributed by atoms with Crippen molar-refractivity contribution in [2.45, 2.75) is 38.3 Å². The van der Waals surface area contributed by atoms with Crippen molar-refractivity contribution in [1.82, 2.24) is 29.6 Å². The molecule has 11 nitrogen and oxygen atoms in total. The van der Waals surface area contributed by atoms with Gasteiger partial charge in [0.05, 0.1) is 18.1 Å². The molecule has 0 unspecified atom stereocenters. The molecule has 3 aromatic heterocycles. The van der Waals surface area contributed by atoms with Gasteiger partial charge in [0.15, 0.2) is 5.69 Å². The zero-order valence-corrected chi connectivity index (χ0v) is 21.8. The number of benzene rings is 1. The Balaban J connectivity index is 1.31. The average molecular weight is 545 g/mol. The van der Waals surface area contributed by atoms with Crippen molar-refractivity contribution in [3.05, 3.63) is 65.5 Å². The number of nitrogens with two attached hydrogens (primary N) is 1. The monoisotopic (exact) mass is 544 g/mol. The largest absolute Gasteiger partial charge is 0.364 e. The number of pyridine rings is 1. The summed E-state index contributed by atoms with van der Waals surface area (Å²) in [6.45, 7) is 1.75. The highest BCUT2D eigenvalue weighted by Gasteiger charge is 2.50. The molecule has 1 saturated carbocycles. The number of fused-ring (bicyclic) bond motifs is 3. The minimum atomic E-state index is -0.732. The van der Waals surface area contributed by atoms with Gasteiger partial charge in [-0.25, -0.2) is 15.0 Å². The van der Waals surface area contributed by atoms with Gasteiger partial charge < -0.3 is 11.1 Å². The Morgan fingerprint density at radius 2 is 1.90 bits per heavy atom. The minimum Gasteiger partial charge on any atom is -0.364 e. The lowest BCUT2D eigenvalue weighted by atomic mass is 9.98. The van der Waals surface area contributed by atoms with E-state index in [-0.39, 0.29) is 41.2 Å². The SMILES string of the molecule is Cc1ncc(-c2ccc3c(C(N)=O)nn(C(=O)CN4[C@@H]5CC[C@@H](C5)[C@H]4C(=O)Nc4cccc(Cl)n4)c3c2)cn1. The Hall–Kier alpha value is -4.22. The minimum absolute atomic E-state index is 0.00863. The van der Waals surface area contributed by atoms with Gasteiger partial charge in [-0.15, -0.1) is 0 Å². The van der Waals surface area contributed by atoms with Crippen LogP contribution in [0.4, 0.5) is 5.82 Å². The van der Waals surface area contributed by atoms with Gasteiger partial charge in [-0.3, -0.25) is 19.3 Å². The smallest absolute Gasteiger partial charge is 0.269 e. The normalized spacial score (nSPS) is 20.4. The number of nitrogens with zero attached hydrogens (tertiary/aromatic N) is 6. The van der Waals surface area contributed by atoms with Crippen molar-refractivity contribution < 1.29 is 14.4 Å². The summed E-state index contributed by atoms with van der Waals surface area (Å²) in [6, 6.07) is 9.91. The third-order valence-electron chi connectivity index (χ3n) is 7.54. The Kier molecular flexibility index (Phi) is 6.32. The zero-order valence-electron chi connectivity index (χ0n) is 21.0. The van der Waals surface area contributed by atoms with Gasteiger partial charge in [0.1, 0.15) is 16.8 Å². The summed E-state index contributed by atoms with van der Waals surface area (Å²) in [5.41, 5.74) is 7.57. The number of amides is 2. The molecule has 4 heterocycles. The quantitative estimate of drug-likeness (QED) is 0.352. The molecular formula is C27H25ClN8O3. The van der Waals surface area contributed by atoms with E-state index in [1.807, 2.05) is 11.0 Å². The van der Waals surface area contributed by atoms with Crippen molar-refractivity contribution in [1.29, 1.82) is 0 Å². The number of halogens is 1. The van der Waals surface area contributed by atoms with Crippen LogP contribution in [0.3, 0.4) is 0 Å². The van der Waals surface area contributed by atoms with Crippen LogP contribution in [0.25, 0.3) is 22.0 Å². The number of carbonyl (C=O) groups is 3. The zero-order chi connectivity index (χ0) is 27.3. The number of rotatable bonds is 6. The molecule has 1 saturated heterocycles. The summed E-state index contributed by atoms with van der Waals surface area (Å²) in [5.74, 6) is -0.195. The van der Waals surface area contributed by atoms with Gasteiger partial charge in [-0.2, -0.15) is 9.78 Å². The Morgan fingerprint density at radius 3 is 2.64 bits per heavy atom. The number of aromatic nitrogens is 5. The molecule has 1 aliphatic heterocycles. The molecule has 12 heteroatoms. The van der Waals surface area contributed by atoms with E-state index in [9.17, 15) is 14.4 Å². The van der Waals surface area contributed by atoms with Gasteiger partial charge in [-0.05, 0) is 61.9 Å². The molecule has 4 aromatic rings. The summed E-state index contributed by atoms with van der Waals surface area (Å²) in [4.78, 5) is 53.8. The number of anilines is 1. The van der Waals surface area contributed by atoms with Crippen LogP contribution in [0.2, 0.25) is 5.15 Å². The van der Waals surface area contributed by atoms with E-state index in [1.54, 1.807) is 49.6 Å². The first-order valence-electron chi connectivity index (χ1n) is 12.6. The predicted molar refractivity (Wildman–Crippen MR) is 144 cm³/mol. The highest BCUT2D eigenvalue weighted by atomic mass is 35.5. The number of aryl methyl sites for hydroxylation is 1. The summed E-state index contributed by atoms with van der Waals surface area (Å²) in [7, 11) is 0. The fourth-order valence-corrected chi connectivity index (χ4v) is 5.94. The molecule has 0 spiro atoms. The Bertz CT molecular complexity index is 1620. The molecule has 0 radical (unpaired) electrons. The fourth-order valence-electron chi connectivity index (χ4n) is 5.78. The summed E-state index contributed by atoms with van der Waals surface area (Å²) in [6.07, 6.45) is 6.04. The van der Waals surface area contributed by atoms with Crippen LogP contribution in [-0.2, 0) is 4.79 Å². The third-order valence-corrected chi connectivity index (χ3v) is 7.75. The van der Waals surface area contributed by atoms with Crippen molar-refractivity contribution in [2.24, 2.45) is 11.7 Å². The first-order chi connectivity index (χ1) is 18.8. The van der Waals surface area contributed by atoms with Crippen molar-refractivity contribution in [3.63, 3.8) is 0 Å². The van der Waals surface area contributed by atoms with Crippen molar-refractivity contribution in [2.75, 3.05) is 11.9 Å². The number of hydrogen-bond acceptors (Lipinski definition) is 8. The number of nitrogens with one attached hydrogen (secondary N) is 1. The van der Waals surface area contributed by atoms with Crippen LogP contribution in [0.5, 0.6) is 0 Å². The van der Waals surface area contributed by atoms with Crippen LogP contribution < -0.4 is 11.1 Å². The van der Waals surface area contributed by atoms with Crippen molar-refractivity contribution in [3.8, 4) is 11.1 Å². The summed E-state index contributed by atoms with van der Waals surface area (Å²) in [5, 5.41) is 7.89. The van der Waals surface area contributed by atoms with E-state index in [0.717, 1.165) is 30.4 Å². The van der Waals surface area contributed by atoms with E-state index < -0.39 is 11.9 Å². The lowest BCUT2D eigenvalue weighted by Gasteiger charge is -2.33. The number of hydrogen-bond donors (Lipinski definition) is 2. The molecule has 3 atom stereocenters. The lowest BCUT2D eigenvalue weighted by molar-refractivity contribution is -0.122. The Labute approximate surface area is 228 Å². The molecule has 2 aliphatic rings. The standard InChI is InChI=1S/C27H25ClN8O3/c1-14-30-11-17(12-31-14)15-6-8-19-20(10-15)36(34-24(19)26(29)38)23(37)13-35-18-7-5-16(9-18)25(35)27(39)33-22-4-2-3-21(28)32-22/h2-4,6,8,10-12,16,18,25H,5,7,9,13H2,1H3,(H2,29,38)(H,32,33,39)/t16-,18+,25-/m0/s1. The summed E-state index contributed by atoms with van der Waals surface area (Å²) < 4.78 is 1.22.